The molecule has 2 aliphatic heterocycles. The molecule has 4 N–H and O–H groups in total. The fourth-order valence-corrected chi connectivity index (χ4v) is 6.05. The summed E-state index contributed by atoms with van der Waals surface area (Å²) in [6.07, 6.45) is 0.773. The lowest BCUT2D eigenvalue weighted by atomic mass is 10.0. The third kappa shape index (κ3) is 5.26. The normalized spacial score (nSPS) is 19.6. The number of alkyl halides is 3. The van der Waals surface area contributed by atoms with Gasteiger partial charge in [0.25, 0.3) is 17.5 Å². The van der Waals surface area contributed by atoms with Gasteiger partial charge in [-0.15, -0.1) is 23.1 Å². The number of nitrogens with one attached hydrogen (secondary N) is 1. The van der Waals surface area contributed by atoms with E-state index in [4.69, 9.17) is 5.73 Å². The second kappa shape index (κ2) is 10.2. The van der Waals surface area contributed by atoms with Crippen LogP contribution in [0.5, 0.6) is 0 Å². The van der Waals surface area contributed by atoms with Crippen LogP contribution in [0.2, 0.25) is 0 Å². The van der Waals surface area contributed by atoms with E-state index in [1.54, 1.807) is 6.20 Å². The molecule has 3 aromatic rings. The molecule has 0 aliphatic carbocycles. The summed E-state index contributed by atoms with van der Waals surface area (Å²) in [6, 6.07) is 4.43. The van der Waals surface area contributed by atoms with Gasteiger partial charge in [0.05, 0.1) is 6.20 Å². The van der Waals surface area contributed by atoms with Crippen molar-refractivity contribution in [3.05, 3.63) is 59.1 Å². The highest BCUT2D eigenvalue weighted by molar-refractivity contribution is 8.00. The maximum absolute atomic E-state index is 13.1. The van der Waals surface area contributed by atoms with Gasteiger partial charge in [0.2, 0.25) is 6.61 Å². The first-order valence-corrected chi connectivity index (χ1v) is 13.1. The fourth-order valence-electron chi connectivity index (χ4n) is 4.17. The van der Waals surface area contributed by atoms with Crippen molar-refractivity contribution in [2.45, 2.75) is 24.1 Å². The van der Waals surface area contributed by atoms with Crippen LogP contribution >= 0.6 is 23.1 Å². The van der Waals surface area contributed by atoms with E-state index >= 15 is 0 Å². The number of hydrogen-bond acceptors (Lipinski definition) is 9. The van der Waals surface area contributed by atoms with Crippen molar-refractivity contribution in [3.8, 4) is 0 Å². The summed E-state index contributed by atoms with van der Waals surface area (Å²) >= 11 is 2.18. The Bertz CT molecular complexity index is 1530. The Morgan fingerprint density at radius 1 is 1.33 bits per heavy atom. The molecule has 17 heteroatoms. The molecule has 0 saturated carbocycles. The zero-order chi connectivity index (χ0) is 27.9. The van der Waals surface area contributed by atoms with Crippen LogP contribution in [-0.2, 0) is 25.8 Å². The average molecular weight is 583 g/mol. The molecule has 2 atom stereocenters. The Kier molecular flexibility index (Phi) is 6.94. The molecule has 2 amide bonds. The number of nitrogens with zero attached hydrogens (tertiary/aromatic N) is 5. The SMILES string of the molecule is Nc1nc(/C(=N/OCC(F)(F)F)C(=O)N[C@@H]2C(=O)N3C(C(=O)O)=C(C[n+]4ccn5ccccc54)CS[C@H]23)cs1. The van der Waals surface area contributed by atoms with Crippen molar-refractivity contribution in [2.24, 2.45) is 5.16 Å². The predicted molar refractivity (Wildman–Crippen MR) is 132 cm³/mol. The quantitative estimate of drug-likeness (QED) is 0.154. The lowest BCUT2D eigenvalue weighted by Gasteiger charge is -2.49. The minimum absolute atomic E-state index is 0.0349. The summed E-state index contributed by atoms with van der Waals surface area (Å²) in [5.74, 6) is -2.74. The van der Waals surface area contributed by atoms with Crippen LogP contribution in [0.15, 0.2) is 58.6 Å². The second-order valence-corrected chi connectivity index (χ2v) is 10.4. The largest absolute Gasteiger partial charge is 0.477 e. The number of oxime groups is 1. The third-order valence-corrected chi connectivity index (χ3v) is 7.84. The lowest BCUT2D eigenvalue weighted by molar-refractivity contribution is -0.662. The molecular weight excluding hydrogens is 563 g/mol. The third-order valence-electron chi connectivity index (χ3n) is 5.83. The number of nitrogen functional groups attached to an aromatic ring is 1. The number of rotatable bonds is 8. The molecule has 0 spiro atoms. The number of thioether (sulfide) groups is 1. The van der Waals surface area contributed by atoms with Gasteiger partial charge in [-0.3, -0.25) is 14.5 Å². The number of nitrogens with two attached hydrogens (primary N) is 1. The zero-order valence-electron chi connectivity index (χ0n) is 19.7. The molecule has 5 heterocycles. The van der Waals surface area contributed by atoms with E-state index in [0.717, 1.165) is 21.9 Å². The Hall–Kier alpha value is -4.12. The van der Waals surface area contributed by atoms with Crippen molar-refractivity contribution in [2.75, 3.05) is 18.1 Å². The lowest BCUT2D eigenvalue weighted by Crippen LogP contribution is -2.71. The first-order valence-electron chi connectivity index (χ1n) is 11.2. The first kappa shape index (κ1) is 26.5. The highest BCUT2D eigenvalue weighted by Crippen LogP contribution is 2.40. The monoisotopic (exact) mass is 582 g/mol. The van der Waals surface area contributed by atoms with Crippen molar-refractivity contribution < 1.29 is 42.1 Å². The number of carboxylic acid groups (broad SMARTS) is 1. The van der Waals surface area contributed by atoms with Crippen molar-refractivity contribution in [3.63, 3.8) is 0 Å². The summed E-state index contributed by atoms with van der Waals surface area (Å²) in [6.45, 7) is -1.52. The van der Waals surface area contributed by atoms with Crippen molar-refractivity contribution in [1.29, 1.82) is 0 Å². The van der Waals surface area contributed by atoms with E-state index < -0.39 is 47.7 Å². The highest BCUT2D eigenvalue weighted by atomic mass is 32.2. The zero-order valence-corrected chi connectivity index (χ0v) is 21.3. The second-order valence-electron chi connectivity index (χ2n) is 8.41. The van der Waals surface area contributed by atoms with Gasteiger partial charge in [-0.25, -0.2) is 18.7 Å². The van der Waals surface area contributed by atoms with Gasteiger partial charge in [0.1, 0.15) is 41.7 Å². The number of pyridine rings is 1. The Morgan fingerprint density at radius 2 is 2.13 bits per heavy atom. The first-order chi connectivity index (χ1) is 18.5. The van der Waals surface area contributed by atoms with Crippen molar-refractivity contribution >= 4 is 57.4 Å². The van der Waals surface area contributed by atoms with Crippen LogP contribution in [-0.4, -0.2) is 72.8 Å². The van der Waals surface area contributed by atoms with Crippen LogP contribution in [0.1, 0.15) is 5.69 Å². The van der Waals surface area contributed by atoms with Crippen LogP contribution in [0.3, 0.4) is 0 Å². The standard InChI is InChI=1S/C22H18F3N7O5S2/c23-22(24,25)10-37-29-14(12-9-39-21(26)27-12)17(33)28-15-18(34)32-16(20(35)36)11(8-38-19(15)32)7-31-6-5-30-4-2-1-3-13(30)31/h1-6,9,15,19H,7-8,10H2,(H3-,26,27,28,33,35,36)/p+1/b29-14-/t15-,19-/m1/s1. The molecule has 0 unspecified atom stereocenters. The number of carboxylic acids is 1. The molecule has 0 aromatic carbocycles. The van der Waals surface area contributed by atoms with Gasteiger partial charge >= 0.3 is 12.1 Å². The van der Waals surface area contributed by atoms with Crippen LogP contribution in [0.4, 0.5) is 18.3 Å². The maximum atomic E-state index is 13.1. The number of aliphatic carboxylic acids is 1. The molecule has 5 rings (SSSR count). The Labute approximate surface area is 225 Å². The van der Waals surface area contributed by atoms with E-state index in [9.17, 15) is 32.7 Å². The number of anilines is 1. The number of hydrogen-bond donors (Lipinski definition) is 3. The van der Waals surface area contributed by atoms with Crippen LogP contribution < -0.4 is 15.6 Å². The molecule has 1 fully saturated rings. The van der Waals surface area contributed by atoms with Gasteiger partial charge in [-0.05, 0) is 6.07 Å². The number of carbonyl (C=O) groups excluding carboxylic acids is 2. The number of amides is 2. The summed E-state index contributed by atoms with van der Waals surface area (Å²) in [5, 5.41) is 16.3. The minimum Gasteiger partial charge on any atom is -0.477 e. The molecule has 204 valence electrons. The molecule has 1 saturated heterocycles. The van der Waals surface area contributed by atoms with E-state index in [1.807, 2.05) is 39.6 Å². The van der Waals surface area contributed by atoms with E-state index in [2.05, 4.69) is 20.3 Å². The molecule has 2 aliphatic rings. The van der Waals surface area contributed by atoms with Gasteiger partial charge in [-0.1, -0.05) is 11.2 Å². The number of thiazole rings is 1. The van der Waals surface area contributed by atoms with E-state index in [-0.39, 0.29) is 28.8 Å². The van der Waals surface area contributed by atoms with Crippen LogP contribution in [0.25, 0.3) is 5.65 Å². The molecule has 0 bridgehead atoms. The average Bonchev–Trinajstić information content (AvgIpc) is 3.50. The molecule has 3 aromatic heterocycles. The Morgan fingerprint density at radius 3 is 2.82 bits per heavy atom. The highest BCUT2D eigenvalue weighted by Gasteiger charge is 2.54. The van der Waals surface area contributed by atoms with Crippen molar-refractivity contribution in [1.82, 2.24) is 19.6 Å². The van der Waals surface area contributed by atoms with E-state index in [1.165, 1.54) is 17.1 Å². The molecule has 0 radical (unpaired) electrons. The molecular formula is C22H19F3N7O5S2+. The predicted octanol–water partition coefficient (Wildman–Crippen LogP) is 0.987. The number of aromatic nitrogens is 3. The smallest absolute Gasteiger partial charge is 0.425 e. The maximum Gasteiger partial charge on any atom is 0.425 e. The number of halogens is 3. The van der Waals surface area contributed by atoms with Gasteiger partial charge in [0, 0.05) is 22.8 Å². The number of imidazole rings is 1. The molecule has 39 heavy (non-hydrogen) atoms. The van der Waals surface area contributed by atoms with Crippen LogP contribution in [0, 0.1) is 0 Å². The number of β-lactam (4-membered cyclic amide) rings is 1. The Balaban J connectivity index is 1.35. The van der Waals surface area contributed by atoms with Gasteiger partial charge in [0.15, 0.2) is 10.8 Å². The number of fused-ring (bicyclic) bond motifs is 2. The summed E-state index contributed by atoms with van der Waals surface area (Å²) in [4.78, 5) is 47.5. The minimum atomic E-state index is -4.70. The number of carbonyl (C=O) groups is 3. The summed E-state index contributed by atoms with van der Waals surface area (Å²) in [5.41, 5.74) is 5.98. The van der Waals surface area contributed by atoms with Gasteiger partial charge < -0.3 is 21.0 Å². The molecule has 12 nitrogen and oxygen atoms in total. The van der Waals surface area contributed by atoms with E-state index in [0.29, 0.717) is 5.57 Å². The van der Waals surface area contributed by atoms with Gasteiger partial charge in [-0.2, -0.15) is 13.2 Å². The topological polar surface area (TPSA) is 155 Å². The fraction of sp³-hybridized carbons (Fsp3) is 0.273. The summed E-state index contributed by atoms with van der Waals surface area (Å²) < 4.78 is 41.3. The summed E-state index contributed by atoms with van der Waals surface area (Å²) in [7, 11) is 0.